The van der Waals surface area contributed by atoms with Crippen molar-refractivity contribution in [1.82, 2.24) is 0 Å². The van der Waals surface area contributed by atoms with Gasteiger partial charge in [0.05, 0.1) is 19.2 Å². The average Bonchev–Trinajstić information content (AvgIpc) is 2.72. The molecular formula is C21H19ClN2O5. The summed E-state index contributed by atoms with van der Waals surface area (Å²) in [5.74, 6) is -0.440. The van der Waals surface area contributed by atoms with Gasteiger partial charge in [0.25, 0.3) is 5.91 Å². The molecule has 0 radical (unpaired) electrons. The van der Waals surface area contributed by atoms with E-state index >= 15 is 0 Å². The smallest absolute Gasteiger partial charge is 0.349 e. The number of carbonyl (C=O) groups is 2. The van der Waals surface area contributed by atoms with Gasteiger partial charge in [-0.15, -0.1) is 0 Å². The molecule has 8 heteroatoms. The molecule has 0 spiro atoms. The zero-order valence-corrected chi connectivity index (χ0v) is 16.8. The summed E-state index contributed by atoms with van der Waals surface area (Å²) in [5, 5.41) is 12.2. The third-order valence-electron chi connectivity index (χ3n) is 3.82. The van der Waals surface area contributed by atoms with Gasteiger partial charge in [0, 0.05) is 5.69 Å². The fourth-order valence-electron chi connectivity index (χ4n) is 2.30. The molecule has 0 aromatic heterocycles. The number of hydrogen-bond acceptors (Lipinski definition) is 6. The molecule has 1 amide bonds. The van der Waals surface area contributed by atoms with E-state index in [2.05, 4.69) is 5.32 Å². The first-order valence-electron chi connectivity index (χ1n) is 8.49. The van der Waals surface area contributed by atoms with E-state index in [1.54, 1.807) is 42.5 Å². The molecule has 150 valence electrons. The minimum atomic E-state index is -1.13. The first-order chi connectivity index (χ1) is 13.9. The Morgan fingerprint density at radius 2 is 1.93 bits per heavy atom. The summed E-state index contributed by atoms with van der Waals surface area (Å²) in [6, 6.07) is 13.3. The van der Waals surface area contributed by atoms with Crippen LogP contribution in [0.25, 0.3) is 6.08 Å². The van der Waals surface area contributed by atoms with Crippen LogP contribution in [0.1, 0.15) is 12.5 Å². The molecule has 2 aromatic carbocycles. The highest BCUT2D eigenvalue weighted by Gasteiger charge is 2.21. The number of nitrogens with zero attached hydrogens (tertiary/aromatic N) is 1. The van der Waals surface area contributed by atoms with Gasteiger partial charge in [0.15, 0.2) is 6.10 Å². The Morgan fingerprint density at radius 3 is 2.55 bits per heavy atom. The standard InChI is InChI=1S/C21H19ClN2O5/c1-13(20(25)24-16-7-8-19(28-3)18(22)11-16)29-21(26)15(12-23)9-14-5-4-6-17(10-14)27-2/h4-11,13H,1-3H3,(H,24,25)/b15-9+/t13-/m0/s1. The Kier molecular flexibility index (Phi) is 7.63. The Hall–Kier alpha value is -3.50. The van der Waals surface area contributed by atoms with Crippen LogP contribution in [0.15, 0.2) is 48.0 Å². The number of anilines is 1. The lowest BCUT2D eigenvalue weighted by molar-refractivity contribution is -0.148. The molecule has 0 aliphatic heterocycles. The van der Waals surface area contributed by atoms with Crippen molar-refractivity contribution in [1.29, 1.82) is 5.26 Å². The van der Waals surface area contributed by atoms with Crippen molar-refractivity contribution < 1.29 is 23.8 Å². The number of hydrogen-bond donors (Lipinski definition) is 1. The van der Waals surface area contributed by atoms with E-state index < -0.39 is 18.0 Å². The Balaban J connectivity index is 2.05. The number of rotatable bonds is 7. The van der Waals surface area contributed by atoms with Gasteiger partial charge in [0.1, 0.15) is 23.1 Å². The first-order valence-corrected chi connectivity index (χ1v) is 8.87. The van der Waals surface area contributed by atoms with Crippen molar-refractivity contribution in [2.45, 2.75) is 13.0 Å². The predicted molar refractivity (Wildman–Crippen MR) is 109 cm³/mol. The lowest BCUT2D eigenvalue weighted by Gasteiger charge is -2.14. The average molecular weight is 415 g/mol. The Morgan fingerprint density at radius 1 is 1.17 bits per heavy atom. The van der Waals surface area contributed by atoms with Crippen LogP contribution >= 0.6 is 11.6 Å². The highest BCUT2D eigenvalue weighted by atomic mass is 35.5. The van der Waals surface area contributed by atoms with Gasteiger partial charge in [-0.3, -0.25) is 4.79 Å². The highest BCUT2D eigenvalue weighted by molar-refractivity contribution is 6.32. The quantitative estimate of drug-likeness (QED) is 0.420. The van der Waals surface area contributed by atoms with Crippen LogP contribution in [-0.2, 0) is 14.3 Å². The second-order valence-electron chi connectivity index (χ2n) is 5.83. The van der Waals surface area contributed by atoms with Crippen LogP contribution in [0, 0.1) is 11.3 Å². The number of carbonyl (C=O) groups excluding carboxylic acids is 2. The molecule has 0 saturated carbocycles. The summed E-state index contributed by atoms with van der Waals surface area (Å²) in [5.41, 5.74) is 0.754. The molecule has 0 fully saturated rings. The number of ether oxygens (including phenoxy) is 3. The van der Waals surface area contributed by atoms with E-state index in [9.17, 15) is 14.9 Å². The SMILES string of the molecule is COc1cccc(/C=C(\C#N)C(=O)O[C@@H](C)C(=O)Nc2ccc(OC)c(Cl)c2)c1. The number of benzene rings is 2. The van der Waals surface area contributed by atoms with Gasteiger partial charge in [-0.1, -0.05) is 23.7 Å². The summed E-state index contributed by atoms with van der Waals surface area (Å²) in [6.45, 7) is 1.40. The van der Waals surface area contributed by atoms with Gasteiger partial charge in [-0.05, 0) is 48.9 Å². The molecule has 1 atom stereocenters. The molecule has 0 saturated heterocycles. The zero-order chi connectivity index (χ0) is 21.4. The normalized spacial score (nSPS) is 11.8. The van der Waals surface area contributed by atoms with E-state index in [4.69, 9.17) is 25.8 Å². The van der Waals surface area contributed by atoms with Crippen molar-refractivity contribution in [3.63, 3.8) is 0 Å². The van der Waals surface area contributed by atoms with Gasteiger partial charge >= 0.3 is 5.97 Å². The third-order valence-corrected chi connectivity index (χ3v) is 4.11. The van der Waals surface area contributed by atoms with Crippen LogP contribution < -0.4 is 14.8 Å². The van der Waals surface area contributed by atoms with E-state index in [-0.39, 0.29) is 5.57 Å². The Bertz CT molecular complexity index is 981. The van der Waals surface area contributed by atoms with Gasteiger partial charge in [-0.25, -0.2) is 4.79 Å². The maximum absolute atomic E-state index is 12.3. The van der Waals surface area contributed by atoms with E-state index in [0.29, 0.717) is 27.8 Å². The third kappa shape index (κ3) is 5.99. The van der Waals surface area contributed by atoms with Crippen molar-refractivity contribution >= 4 is 35.2 Å². The predicted octanol–water partition coefficient (Wildman–Crippen LogP) is 3.83. The van der Waals surface area contributed by atoms with Crippen molar-refractivity contribution in [2.24, 2.45) is 0 Å². The number of nitrogens with one attached hydrogen (secondary N) is 1. The molecule has 0 unspecified atom stereocenters. The molecule has 2 aromatic rings. The molecule has 1 N–H and O–H groups in total. The summed E-state index contributed by atoms with van der Waals surface area (Å²) < 4.78 is 15.3. The number of amides is 1. The Labute approximate surface area is 173 Å². The van der Waals surface area contributed by atoms with E-state index in [0.717, 1.165) is 0 Å². The largest absolute Gasteiger partial charge is 0.497 e. The summed E-state index contributed by atoms with van der Waals surface area (Å²) >= 11 is 6.02. The highest BCUT2D eigenvalue weighted by Crippen LogP contribution is 2.27. The molecule has 0 bridgehead atoms. The molecule has 0 heterocycles. The molecule has 0 aliphatic rings. The maximum atomic E-state index is 12.3. The molecule has 0 aliphatic carbocycles. The fourth-order valence-corrected chi connectivity index (χ4v) is 2.56. The van der Waals surface area contributed by atoms with E-state index in [1.807, 2.05) is 0 Å². The van der Waals surface area contributed by atoms with Crippen molar-refractivity contribution in [2.75, 3.05) is 19.5 Å². The topological polar surface area (TPSA) is 97.6 Å². The van der Waals surface area contributed by atoms with E-state index in [1.165, 1.54) is 33.3 Å². The molecular weight excluding hydrogens is 396 g/mol. The summed E-state index contributed by atoms with van der Waals surface area (Å²) in [4.78, 5) is 24.6. The number of nitriles is 1. The molecule has 29 heavy (non-hydrogen) atoms. The minimum Gasteiger partial charge on any atom is -0.497 e. The first kappa shape index (κ1) is 21.8. The van der Waals surface area contributed by atoms with Crippen LogP contribution in [0.3, 0.4) is 0 Å². The van der Waals surface area contributed by atoms with Gasteiger partial charge < -0.3 is 19.5 Å². The second-order valence-corrected chi connectivity index (χ2v) is 6.24. The minimum absolute atomic E-state index is 0.245. The fraction of sp³-hybridized carbons (Fsp3) is 0.190. The molecule has 7 nitrogen and oxygen atoms in total. The van der Waals surface area contributed by atoms with Crippen molar-refractivity contribution in [3.8, 4) is 17.6 Å². The number of esters is 1. The number of methoxy groups -OCH3 is 2. The monoisotopic (exact) mass is 414 g/mol. The van der Waals surface area contributed by atoms with Crippen LogP contribution in [0.4, 0.5) is 5.69 Å². The summed E-state index contributed by atoms with van der Waals surface area (Å²) in [6.07, 6.45) is 0.226. The van der Waals surface area contributed by atoms with Gasteiger partial charge in [0.2, 0.25) is 0 Å². The zero-order valence-electron chi connectivity index (χ0n) is 16.1. The van der Waals surface area contributed by atoms with Crippen LogP contribution in [0.2, 0.25) is 5.02 Å². The lowest BCUT2D eigenvalue weighted by atomic mass is 10.1. The maximum Gasteiger partial charge on any atom is 0.349 e. The van der Waals surface area contributed by atoms with Gasteiger partial charge in [-0.2, -0.15) is 5.26 Å². The number of halogens is 1. The summed E-state index contributed by atoms with van der Waals surface area (Å²) in [7, 11) is 2.99. The molecule has 2 rings (SSSR count). The van der Waals surface area contributed by atoms with Crippen LogP contribution in [0.5, 0.6) is 11.5 Å². The second kappa shape index (κ2) is 10.2. The lowest BCUT2D eigenvalue weighted by Crippen LogP contribution is -2.30. The van der Waals surface area contributed by atoms with Crippen LogP contribution in [-0.4, -0.2) is 32.2 Å². The van der Waals surface area contributed by atoms with Crippen molar-refractivity contribution in [3.05, 3.63) is 58.6 Å².